The van der Waals surface area contributed by atoms with Crippen LogP contribution in [0.15, 0.2) is 24.3 Å². The van der Waals surface area contributed by atoms with Crippen LogP contribution in [0.3, 0.4) is 0 Å². The molecule has 1 N–H and O–H groups in total. The first kappa shape index (κ1) is 20.8. The number of benzene rings is 1. The maximum atomic E-state index is 13.5. The topological polar surface area (TPSA) is 43.8 Å². The van der Waals surface area contributed by atoms with Crippen LogP contribution in [0.1, 0.15) is 43.9 Å². The standard InChI is InChI=1S/C19H23F5N2O2/c1-11-10-26(17(27)28)12(2)9-25(11)16(14-7-18(20,21)8-14)13-3-5-15(6-4-13)19(22,23)24/h3-6,11-12,14,16H,7-10H2,1-2H3,(H,27,28)/t11-,12+,16?/m1/s1. The third kappa shape index (κ3) is 4.09. The molecule has 1 aromatic carbocycles. The molecule has 1 aromatic rings. The summed E-state index contributed by atoms with van der Waals surface area (Å²) in [6.45, 7) is 4.11. The largest absolute Gasteiger partial charge is 0.465 e. The van der Waals surface area contributed by atoms with Gasteiger partial charge >= 0.3 is 12.3 Å². The van der Waals surface area contributed by atoms with Crippen molar-refractivity contribution in [2.24, 2.45) is 5.92 Å². The molecule has 0 bridgehead atoms. The van der Waals surface area contributed by atoms with Crippen LogP contribution in [0, 0.1) is 5.92 Å². The number of carbonyl (C=O) groups is 1. The summed E-state index contributed by atoms with van der Waals surface area (Å²) in [6.07, 6.45) is -6.15. The highest BCUT2D eigenvalue weighted by molar-refractivity contribution is 5.65. The number of carboxylic acid groups (broad SMARTS) is 1. The van der Waals surface area contributed by atoms with Crippen LogP contribution >= 0.6 is 0 Å². The van der Waals surface area contributed by atoms with Crippen LogP contribution < -0.4 is 0 Å². The number of halogens is 5. The summed E-state index contributed by atoms with van der Waals surface area (Å²) in [4.78, 5) is 14.6. The van der Waals surface area contributed by atoms with Gasteiger partial charge in [-0.1, -0.05) is 12.1 Å². The summed E-state index contributed by atoms with van der Waals surface area (Å²) in [7, 11) is 0. The van der Waals surface area contributed by atoms with Crippen LogP contribution in [0.2, 0.25) is 0 Å². The van der Waals surface area contributed by atoms with E-state index < -0.39 is 35.7 Å². The lowest BCUT2D eigenvalue weighted by molar-refractivity contribution is -0.140. The number of piperazine rings is 1. The quantitative estimate of drug-likeness (QED) is 0.729. The molecule has 9 heteroatoms. The average Bonchev–Trinajstić information content (AvgIpc) is 2.55. The van der Waals surface area contributed by atoms with Crippen LogP contribution in [0.5, 0.6) is 0 Å². The van der Waals surface area contributed by atoms with E-state index in [-0.39, 0.29) is 31.5 Å². The molecule has 2 fully saturated rings. The first-order valence-corrected chi connectivity index (χ1v) is 9.19. The Hall–Kier alpha value is -1.90. The van der Waals surface area contributed by atoms with E-state index in [0.717, 1.165) is 12.1 Å². The highest BCUT2D eigenvalue weighted by atomic mass is 19.4. The molecule has 0 radical (unpaired) electrons. The second kappa shape index (κ2) is 7.17. The Bertz CT molecular complexity index is 714. The number of rotatable bonds is 3. The molecule has 0 spiro atoms. The van der Waals surface area contributed by atoms with E-state index in [1.165, 1.54) is 17.0 Å². The minimum atomic E-state index is -4.47. The summed E-state index contributed by atoms with van der Waals surface area (Å²) in [5, 5.41) is 9.31. The van der Waals surface area contributed by atoms with Gasteiger partial charge in [-0.2, -0.15) is 13.2 Å². The highest BCUT2D eigenvalue weighted by Gasteiger charge is 2.51. The van der Waals surface area contributed by atoms with Crippen molar-refractivity contribution in [3.8, 4) is 0 Å². The zero-order chi connectivity index (χ0) is 20.9. The normalized spacial score (nSPS) is 27.3. The Balaban J connectivity index is 1.89. The summed E-state index contributed by atoms with van der Waals surface area (Å²) >= 11 is 0. The van der Waals surface area contributed by atoms with Gasteiger partial charge in [-0.15, -0.1) is 0 Å². The van der Waals surface area contributed by atoms with Gasteiger partial charge in [0.1, 0.15) is 0 Å². The molecule has 156 valence electrons. The monoisotopic (exact) mass is 406 g/mol. The predicted octanol–water partition coefficient (Wildman–Crippen LogP) is 4.86. The van der Waals surface area contributed by atoms with Crippen LogP contribution in [0.4, 0.5) is 26.7 Å². The summed E-state index contributed by atoms with van der Waals surface area (Å²) in [5.41, 5.74) is -0.234. The summed E-state index contributed by atoms with van der Waals surface area (Å²) < 4.78 is 65.7. The van der Waals surface area contributed by atoms with Crippen molar-refractivity contribution < 1.29 is 31.9 Å². The Kier molecular flexibility index (Phi) is 5.33. The van der Waals surface area contributed by atoms with Gasteiger partial charge in [-0.3, -0.25) is 4.90 Å². The zero-order valence-corrected chi connectivity index (χ0v) is 15.6. The fourth-order valence-electron chi connectivity index (χ4n) is 4.34. The van der Waals surface area contributed by atoms with Gasteiger partial charge in [0.25, 0.3) is 0 Å². The smallest absolute Gasteiger partial charge is 0.416 e. The van der Waals surface area contributed by atoms with Gasteiger partial charge in [0.05, 0.1) is 5.56 Å². The van der Waals surface area contributed by atoms with E-state index in [1.54, 1.807) is 6.92 Å². The van der Waals surface area contributed by atoms with E-state index in [1.807, 2.05) is 11.8 Å². The highest BCUT2D eigenvalue weighted by Crippen LogP contribution is 2.51. The van der Waals surface area contributed by atoms with Crippen molar-refractivity contribution in [1.29, 1.82) is 0 Å². The van der Waals surface area contributed by atoms with Crippen molar-refractivity contribution >= 4 is 6.09 Å². The van der Waals surface area contributed by atoms with Gasteiger partial charge in [0.2, 0.25) is 5.92 Å². The third-order valence-electron chi connectivity index (χ3n) is 5.78. The summed E-state index contributed by atoms with van der Waals surface area (Å²) in [5.74, 6) is -3.15. The lowest BCUT2D eigenvalue weighted by Crippen LogP contribution is -2.60. The molecule has 1 heterocycles. The number of amides is 1. The van der Waals surface area contributed by atoms with E-state index in [9.17, 15) is 31.9 Å². The van der Waals surface area contributed by atoms with Gasteiger partial charge in [-0.05, 0) is 37.5 Å². The first-order valence-electron chi connectivity index (χ1n) is 9.19. The predicted molar refractivity (Wildman–Crippen MR) is 92.2 cm³/mol. The zero-order valence-electron chi connectivity index (χ0n) is 15.6. The van der Waals surface area contributed by atoms with Gasteiger partial charge in [-0.25, -0.2) is 13.6 Å². The molecule has 3 rings (SSSR count). The molecule has 0 aromatic heterocycles. The van der Waals surface area contributed by atoms with Crippen molar-refractivity contribution in [1.82, 2.24) is 9.80 Å². The number of hydrogen-bond donors (Lipinski definition) is 1. The lowest BCUT2D eigenvalue weighted by atomic mass is 9.73. The van der Waals surface area contributed by atoms with Gasteiger partial charge < -0.3 is 10.0 Å². The van der Waals surface area contributed by atoms with Crippen molar-refractivity contribution in [2.75, 3.05) is 13.1 Å². The lowest BCUT2D eigenvalue weighted by Gasteiger charge is -2.51. The van der Waals surface area contributed by atoms with Crippen molar-refractivity contribution in [2.45, 2.75) is 56.9 Å². The molecule has 1 amide bonds. The first-order chi connectivity index (χ1) is 12.9. The molecule has 4 nitrogen and oxygen atoms in total. The Labute approximate surface area is 159 Å². The Morgan fingerprint density at radius 1 is 1.11 bits per heavy atom. The van der Waals surface area contributed by atoms with Gasteiger partial charge in [0, 0.05) is 44.1 Å². The number of nitrogens with zero attached hydrogens (tertiary/aromatic N) is 2. The average molecular weight is 406 g/mol. The Morgan fingerprint density at radius 2 is 1.68 bits per heavy atom. The number of alkyl halides is 5. The fourth-order valence-corrected chi connectivity index (χ4v) is 4.34. The molecule has 1 unspecified atom stereocenters. The fraction of sp³-hybridized carbons (Fsp3) is 0.632. The van der Waals surface area contributed by atoms with E-state index in [2.05, 4.69) is 0 Å². The molecule has 2 aliphatic rings. The molecule has 1 aliphatic heterocycles. The van der Waals surface area contributed by atoms with Crippen LogP contribution in [0.25, 0.3) is 0 Å². The summed E-state index contributed by atoms with van der Waals surface area (Å²) in [6, 6.07) is 3.59. The molecule has 28 heavy (non-hydrogen) atoms. The molecule has 1 saturated carbocycles. The molecule has 3 atom stereocenters. The second-order valence-electron chi connectivity index (χ2n) is 7.92. The molecule has 1 aliphatic carbocycles. The second-order valence-corrected chi connectivity index (χ2v) is 7.92. The van der Waals surface area contributed by atoms with Crippen LogP contribution in [-0.4, -0.2) is 52.1 Å². The van der Waals surface area contributed by atoms with Crippen molar-refractivity contribution in [3.63, 3.8) is 0 Å². The van der Waals surface area contributed by atoms with Crippen LogP contribution in [-0.2, 0) is 6.18 Å². The number of hydrogen-bond acceptors (Lipinski definition) is 2. The third-order valence-corrected chi connectivity index (χ3v) is 5.78. The molecular weight excluding hydrogens is 383 g/mol. The minimum Gasteiger partial charge on any atom is -0.465 e. The molecule has 1 saturated heterocycles. The van der Waals surface area contributed by atoms with Crippen molar-refractivity contribution in [3.05, 3.63) is 35.4 Å². The Morgan fingerprint density at radius 3 is 2.14 bits per heavy atom. The SMILES string of the molecule is C[C@@H]1CN(C(=O)O)[C@@H](C)CN1C(c1ccc(C(F)(F)F)cc1)C1CC(F)(F)C1. The van der Waals surface area contributed by atoms with E-state index in [0.29, 0.717) is 12.1 Å². The minimum absolute atomic E-state index is 0.219. The van der Waals surface area contributed by atoms with E-state index >= 15 is 0 Å². The maximum absolute atomic E-state index is 13.5. The molecular formula is C19H23F5N2O2. The van der Waals surface area contributed by atoms with E-state index in [4.69, 9.17) is 0 Å². The van der Waals surface area contributed by atoms with Gasteiger partial charge in [0.15, 0.2) is 0 Å². The maximum Gasteiger partial charge on any atom is 0.416 e.